The molecule has 1 aromatic carbocycles. The van der Waals surface area contributed by atoms with Crippen LogP contribution < -0.4 is 10.1 Å². The summed E-state index contributed by atoms with van der Waals surface area (Å²) in [5, 5.41) is 12.8. The van der Waals surface area contributed by atoms with Crippen molar-refractivity contribution in [2.45, 2.75) is 31.7 Å². The van der Waals surface area contributed by atoms with Gasteiger partial charge in [0.2, 0.25) is 5.91 Å². The highest BCUT2D eigenvalue weighted by Crippen LogP contribution is 2.32. The smallest absolute Gasteiger partial charge is 0.242 e. The summed E-state index contributed by atoms with van der Waals surface area (Å²) in [6, 6.07) is 7.53. The number of methoxy groups -OCH3 is 1. The molecule has 2 N–H and O–H groups in total. The van der Waals surface area contributed by atoms with Crippen molar-refractivity contribution in [3.63, 3.8) is 0 Å². The lowest BCUT2D eigenvalue weighted by atomic mass is 9.94. The highest BCUT2D eigenvalue weighted by Gasteiger charge is 2.41. The quantitative estimate of drug-likeness (QED) is 0.840. The Bertz CT molecular complexity index is 486. The van der Waals surface area contributed by atoms with E-state index < -0.39 is 0 Å². The molecular weight excluding hydrogens is 268 g/mol. The molecule has 1 fully saturated rings. The van der Waals surface area contributed by atoms with Gasteiger partial charge in [0.05, 0.1) is 31.5 Å². The third-order valence-electron chi connectivity index (χ3n) is 4.39. The maximum absolute atomic E-state index is 12.5. The van der Waals surface area contributed by atoms with Crippen LogP contribution in [0.15, 0.2) is 24.3 Å². The molecule has 5 nitrogen and oxygen atoms in total. The van der Waals surface area contributed by atoms with Gasteiger partial charge in [0.15, 0.2) is 0 Å². The Morgan fingerprint density at radius 1 is 1.48 bits per heavy atom. The highest BCUT2D eigenvalue weighted by atomic mass is 16.5. The number of aliphatic hydroxyl groups excluding tert-OH is 1. The molecule has 1 saturated heterocycles. The fraction of sp³-hybridized carbons (Fsp3) is 0.562. The number of rotatable bonds is 6. The summed E-state index contributed by atoms with van der Waals surface area (Å²) < 4.78 is 5.26. The summed E-state index contributed by atoms with van der Waals surface area (Å²) in [6.45, 7) is 2.99. The van der Waals surface area contributed by atoms with Gasteiger partial charge in [0, 0.05) is 6.54 Å². The van der Waals surface area contributed by atoms with E-state index in [0.29, 0.717) is 0 Å². The number of carbonyl (C=O) groups is 1. The van der Waals surface area contributed by atoms with Crippen molar-refractivity contribution >= 4 is 11.6 Å². The molecule has 1 heterocycles. The van der Waals surface area contributed by atoms with Gasteiger partial charge < -0.3 is 20.1 Å². The number of anilines is 1. The van der Waals surface area contributed by atoms with Crippen LogP contribution in [0.1, 0.15) is 26.2 Å². The van der Waals surface area contributed by atoms with Crippen LogP contribution >= 0.6 is 0 Å². The standard InChI is InChI=1S/C16H24N2O3/c1-3-16(12-19)9-6-10-18(16)15(20)11-17-13-7-4-5-8-14(13)21-2/h4-5,7-8,17,19H,3,6,9-12H2,1-2H3. The normalized spacial score (nSPS) is 21.4. The summed E-state index contributed by atoms with van der Waals surface area (Å²) >= 11 is 0. The number of carbonyl (C=O) groups excluding carboxylic acids is 1. The molecule has 1 aliphatic heterocycles. The first-order valence-electron chi connectivity index (χ1n) is 7.45. The number of nitrogens with one attached hydrogen (secondary N) is 1. The Kier molecular flexibility index (Phi) is 5.07. The van der Waals surface area contributed by atoms with E-state index in [1.165, 1.54) is 0 Å². The zero-order chi connectivity index (χ0) is 15.3. The van der Waals surface area contributed by atoms with Crippen molar-refractivity contribution in [3.8, 4) is 5.75 Å². The van der Waals surface area contributed by atoms with Crippen molar-refractivity contribution in [3.05, 3.63) is 24.3 Å². The largest absolute Gasteiger partial charge is 0.495 e. The van der Waals surface area contributed by atoms with Crippen molar-refractivity contribution in [1.29, 1.82) is 0 Å². The summed E-state index contributed by atoms with van der Waals surface area (Å²) in [5.41, 5.74) is 0.429. The van der Waals surface area contributed by atoms with E-state index in [0.717, 1.165) is 37.2 Å². The average Bonchev–Trinajstić information content (AvgIpc) is 2.97. The van der Waals surface area contributed by atoms with Crippen LogP contribution in [0.25, 0.3) is 0 Å². The second-order valence-electron chi connectivity index (χ2n) is 5.44. The van der Waals surface area contributed by atoms with E-state index >= 15 is 0 Å². The van der Waals surface area contributed by atoms with Crippen LogP contribution in [0.5, 0.6) is 5.75 Å². The van der Waals surface area contributed by atoms with Gasteiger partial charge in [-0.25, -0.2) is 0 Å². The van der Waals surface area contributed by atoms with Gasteiger partial charge in [0.25, 0.3) is 0 Å². The third kappa shape index (κ3) is 3.13. The van der Waals surface area contributed by atoms with Crippen molar-refractivity contribution in [2.24, 2.45) is 0 Å². The zero-order valence-electron chi connectivity index (χ0n) is 12.8. The van der Waals surface area contributed by atoms with E-state index in [1.807, 2.05) is 36.1 Å². The minimum Gasteiger partial charge on any atom is -0.495 e. The number of nitrogens with zero attached hydrogens (tertiary/aromatic N) is 1. The van der Waals surface area contributed by atoms with E-state index in [-0.39, 0.29) is 24.6 Å². The van der Waals surface area contributed by atoms with Gasteiger partial charge in [-0.15, -0.1) is 0 Å². The van der Waals surface area contributed by atoms with E-state index in [4.69, 9.17) is 4.74 Å². The minimum absolute atomic E-state index is 0.0225. The molecule has 0 bridgehead atoms. The summed E-state index contributed by atoms with van der Waals surface area (Å²) in [5.74, 6) is 0.741. The second-order valence-corrected chi connectivity index (χ2v) is 5.44. The number of hydrogen-bond donors (Lipinski definition) is 2. The summed E-state index contributed by atoms with van der Waals surface area (Å²) in [4.78, 5) is 14.3. The second kappa shape index (κ2) is 6.80. The SMILES string of the molecule is CCC1(CO)CCCN1C(=O)CNc1ccccc1OC. The maximum atomic E-state index is 12.5. The van der Waals surface area contributed by atoms with Crippen LogP contribution in [-0.4, -0.2) is 48.3 Å². The summed E-state index contributed by atoms with van der Waals surface area (Å²) in [7, 11) is 1.61. The first-order chi connectivity index (χ1) is 10.2. The molecule has 1 atom stereocenters. The molecule has 0 saturated carbocycles. The predicted molar refractivity (Wildman–Crippen MR) is 82.5 cm³/mol. The Balaban J connectivity index is 2.01. The van der Waals surface area contributed by atoms with Gasteiger partial charge >= 0.3 is 0 Å². The molecule has 2 rings (SSSR count). The van der Waals surface area contributed by atoms with Crippen LogP contribution in [0.3, 0.4) is 0 Å². The van der Waals surface area contributed by atoms with E-state index in [2.05, 4.69) is 5.32 Å². The van der Waals surface area contributed by atoms with Gasteiger partial charge in [-0.05, 0) is 31.4 Å². The lowest BCUT2D eigenvalue weighted by Gasteiger charge is -2.36. The molecule has 0 radical (unpaired) electrons. The number of ether oxygens (including phenoxy) is 1. The molecule has 0 aromatic heterocycles. The number of likely N-dealkylation sites (tertiary alicyclic amines) is 1. The van der Waals surface area contributed by atoms with Crippen molar-refractivity contribution in [1.82, 2.24) is 4.90 Å². The maximum Gasteiger partial charge on any atom is 0.242 e. The minimum atomic E-state index is -0.375. The number of para-hydroxylation sites is 2. The van der Waals surface area contributed by atoms with Gasteiger partial charge in [-0.3, -0.25) is 4.79 Å². The Labute approximate surface area is 125 Å². The predicted octanol–water partition coefficient (Wildman–Crippen LogP) is 1.87. The first kappa shape index (κ1) is 15.6. The molecule has 0 aliphatic carbocycles. The molecule has 5 heteroatoms. The third-order valence-corrected chi connectivity index (χ3v) is 4.39. The lowest BCUT2D eigenvalue weighted by Crippen LogP contribution is -2.51. The van der Waals surface area contributed by atoms with Gasteiger partial charge in [-0.2, -0.15) is 0 Å². The Morgan fingerprint density at radius 2 is 2.24 bits per heavy atom. The zero-order valence-corrected chi connectivity index (χ0v) is 12.8. The molecule has 1 amide bonds. The number of amides is 1. The molecule has 1 aromatic rings. The van der Waals surface area contributed by atoms with Crippen molar-refractivity contribution in [2.75, 3.05) is 32.1 Å². The summed E-state index contributed by atoms with van der Waals surface area (Å²) in [6.07, 6.45) is 2.61. The van der Waals surface area contributed by atoms with Crippen LogP contribution in [-0.2, 0) is 4.79 Å². The lowest BCUT2D eigenvalue weighted by molar-refractivity contribution is -0.135. The highest BCUT2D eigenvalue weighted by molar-refractivity contribution is 5.82. The average molecular weight is 292 g/mol. The van der Waals surface area contributed by atoms with Crippen LogP contribution in [0, 0.1) is 0 Å². The van der Waals surface area contributed by atoms with Crippen LogP contribution in [0.2, 0.25) is 0 Å². The fourth-order valence-electron chi connectivity index (χ4n) is 3.03. The van der Waals surface area contributed by atoms with Crippen molar-refractivity contribution < 1.29 is 14.6 Å². The molecule has 21 heavy (non-hydrogen) atoms. The van der Waals surface area contributed by atoms with Crippen LogP contribution in [0.4, 0.5) is 5.69 Å². The number of hydrogen-bond acceptors (Lipinski definition) is 4. The fourth-order valence-corrected chi connectivity index (χ4v) is 3.03. The monoisotopic (exact) mass is 292 g/mol. The molecule has 1 aliphatic rings. The molecule has 116 valence electrons. The topological polar surface area (TPSA) is 61.8 Å². The van der Waals surface area contributed by atoms with Gasteiger partial charge in [0.1, 0.15) is 5.75 Å². The number of aliphatic hydroxyl groups is 1. The molecule has 1 unspecified atom stereocenters. The van der Waals surface area contributed by atoms with E-state index in [1.54, 1.807) is 7.11 Å². The first-order valence-corrected chi connectivity index (χ1v) is 7.45. The van der Waals surface area contributed by atoms with Gasteiger partial charge in [-0.1, -0.05) is 19.1 Å². The number of benzene rings is 1. The Hall–Kier alpha value is -1.75. The Morgan fingerprint density at radius 3 is 2.90 bits per heavy atom. The molecule has 0 spiro atoms. The van der Waals surface area contributed by atoms with E-state index in [9.17, 15) is 9.90 Å². The molecular formula is C16H24N2O3.